The number of esters is 1. The number of carbonyl (C=O) groups is 1. The Balaban J connectivity index is 3.36. The molecule has 2 nitrogen and oxygen atoms in total. The van der Waals surface area contributed by atoms with E-state index in [2.05, 4.69) is 4.74 Å². The topological polar surface area (TPSA) is 26.3 Å². The normalized spacial score (nSPS) is 12.4. The molecule has 9 heteroatoms. The molecule has 0 unspecified atom stereocenters. The Kier molecular flexibility index (Phi) is 5.51. The molecule has 0 saturated heterocycles. The Morgan fingerprint density at radius 3 is 2.14 bits per heavy atom. The molecule has 0 aromatic heterocycles. The molecular weight excluding hydrogens is 417 g/mol. The van der Waals surface area contributed by atoms with Crippen LogP contribution in [0.2, 0.25) is 0 Å². The van der Waals surface area contributed by atoms with E-state index in [-0.39, 0.29) is 12.2 Å². The molecule has 0 heterocycles. The van der Waals surface area contributed by atoms with Crippen LogP contribution in [-0.4, -0.2) is 12.6 Å². The molecule has 118 valence electrons. The van der Waals surface area contributed by atoms with Gasteiger partial charge in [-0.3, -0.25) is 4.79 Å². The van der Waals surface area contributed by atoms with Gasteiger partial charge in [0.05, 0.1) is 24.2 Å². The number of ether oxygens (including phenoxy) is 1. The average Bonchev–Trinajstić information content (AvgIpc) is 2.24. The molecule has 0 atom stereocenters. The summed E-state index contributed by atoms with van der Waals surface area (Å²) in [4.78, 5) is 11.2. The van der Waals surface area contributed by atoms with Crippen molar-refractivity contribution >= 4 is 28.6 Å². The fourth-order valence-electron chi connectivity index (χ4n) is 1.66. The Morgan fingerprint density at radius 2 is 1.71 bits per heavy atom. The molecule has 0 amide bonds. The van der Waals surface area contributed by atoms with Crippen molar-refractivity contribution in [2.75, 3.05) is 6.61 Å². The summed E-state index contributed by atoms with van der Waals surface area (Å²) in [5.74, 6) is -0.804. The van der Waals surface area contributed by atoms with Crippen molar-refractivity contribution in [2.45, 2.75) is 25.7 Å². The van der Waals surface area contributed by atoms with Gasteiger partial charge in [-0.25, -0.2) is 0 Å². The summed E-state index contributed by atoms with van der Waals surface area (Å²) in [7, 11) is 0. The lowest BCUT2D eigenvalue weighted by Crippen LogP contribution is -2.19. The van der Waals surface area contributed by atoms with Gasteiger partial charge >= 0.3 is 18.3 Å². The van der Waals surface area contributed by atoms with Crippen LogP contribution in [0.15, 0.2) is 12.1 Å². The van der Waals surface area contributed by atoms with Crippen LogP contribution in [0.5, 0.6) is 0 Å². The molecule has 0 bridgehead atoms. The number of rotatable bonds is 3. The molecule has 0 radical (unpaired) electrons. The first-order valence-electron chi connectivity index (χ1n) is 5.59. The third-order valence-electron chi connectivity index (χ3n) is 2.39. The molecule has 0 fully saturated rings. The zero-order valence-corrected chi connectivity index (χ0v) is 12.7. The van der Waals surface area contributed by atoms with Crippen LogP contribution in [0.1, 0.15) is 23.6 Å². The van der Waals surface area contributed by atoms with Crippen LogP contribution in [0.4, 0.5) is 26.3 Å². The molecule has 0 spiro atoms. The largest absolute Gasteiger partial charge is 0.466 e. The first kappa shape index (κ1) is 18.1. The Morgan fingerprint density at radius 1 is 1.14 bits per heavy atom. The Hall–Kier alpha value is -1.00. The molecule has 0 N–H and O–H groups in total. The minimum atomic E-state index is -5.17. The Labute approximate surface area is 129 Å². The highest BCUT2D eigenvalue weighted by atomic mass is 127. The zero-order chi connectivity index (χ0) is 16.4. The van der Waals surface area contributed by atoms with E-state index in [1.807, 2.05) is 0 Å². The summed E-state index contributed by atoms with van der Waals surface area (Å²) in [6.07, 6.45) is -10.8. The van der Waals surface area contributed by atoms with Crippen molar-refractivity contribution in [1.29, 1.82) is 0 Å². The first-order valence-corrected chi connectivity index (χ1v) is 6.67. The third-order valence-corrected chi connectivity index (χ3v) is 3.24. The zero-order valence-electron chi connectivity index (χ0n) is 10.5. The smallest absolute Gasteiger partial charge is 0.418 e. The summed E-state index contributed by atoms with van der Waals surface area (Å²) < 4.78 is 80.6. The number of benzene rings is 1. The molecule has 21 heavy (non-hydrogen) atoms. The lowest BCUT2D eigenvalue weighted by molar-refractivity contribution is -0.162. The van der Waals surface area contributed by atoms with Crippen LogP contribution in [0.3, 0.4) is 0 Å². The molecule has 0 aliphatic rings. The van der Waals surface area contributed by atoms with Crippen molar-refractivity contribution in [3.8, 4) is 0 Å². The number of hydrogen-bond acceptors (Lipinski definition) is 2. The number of alkyl halides is 6. The van der Waals surface area contributed by atoms with E-state index in [1.54, 1.807) is 0 Å². The van der Waals surface area contributed by atoms with Crippen LogP contribution in [-0.2, 0) is 28.3 Å². The minimum Gasteiger partial charge on any atom is -0.466 e. The van der Waals surface area contributed by atoms with Gasteiger partial charge in [-0.1, -0.05) is 0 Å². The van der Waals surface area contributed by atoms with Crippen LogP contribution in [0.25, 0.3) is 0 Å². The average molecular weight is 426 g/mol. The second kappa shape index (κ2) is 6.41. The fourth-order valence-corrected chi connectivity index (χ4v) is 2.65. The minimum absolute atomic E-state index is 0.0304. The van der Waals surface area contributed by atoms with Gasteiger partial charge in [-0.15, -0.1) is 0 Å². The first-order chi connectivity index (χ1) is 9.46. The van der Waals surface area contributed by atoms with Gasteiger partial charge in [0.2, 0.25) is 0 Å². The molecular formula is C12H9F6IO2. The second-order valence-corrected chi connectivity index (χ2v) is 5.14. The van der Waals surface area contributed by atoms with Crippen molar-refractivity contribution in [3.63, 3.8) is 0 Å². The van der Waals surface area contributed by atoms with Crippen LogP contribution < -0.4 is 0 Å². The monoisotopic (exact) mass is 426 g/mol. The lowest BCUT2D eigenvalue weighted by Gasteiger charge is -2.18. The molecule has 1 aromatic rings. The SMILES string of the molecule is CCOC(=O)Cc1cc(I)c(C(F)(F)F)c(C(F)(F)F)c1. The Bertz CT molecular complexity index is 536. The van der Waals surface area contributed by atoms with Crippen molar-refractivity contribution in [1.82, 2.24) is 0 Å². The molecule has 0 aliphatic heterocycles. The van der Waals surface area contributed by atoms with Gasteiger partial charge in [-0.05, 0) is 47.2 Å². The third kappa shape index (κ3) is 4.75. The van der Waals surface area contributed by atoms with Crippen LogP contribution in [0, 0.1) is 3.57 Å². The van der Waals surface area contributed by atoms with Gasteiger partial charge in [0.15, 0.2) is 0 Å². The van der Waals surface area contributed by atoms with E-state index in [4.69, 9.17) is 0 Å². The summed E-state index contributed by atoms with van der Waals surface area (Å²) in [6.45, 7) is 1.54. The number of halogens is 7. The highest BCUT2D eigenvalue weighted by Gasteiger charge is 2.44. The highest BCUT2D eigenvalue weighted by molar-refractivity contribution is 14.1. The van der Waals surface area contributed by atoms with E-state index >= 15 is 0 Å². The van der Waals surface area contributed by atoms with Crippen molar-refractivity contribution in [3.05, 3.63) is 32.4 Å². The van der Waals surface area contributed by atoms with E-state index < -0.39 is 39.4 Å². The second-order valence-electron chi connectivity index (χ2n) is 3.98. The molecule has 0 aliphatic carbocycles. The maximum absolute atomic E-state index is 12.8. The number of carbonyl (C=O) groups excluding carboxylic acids is 1. The summed E-state index contributed by atoms with van der Waals surface area (Å²) in [5.41, 5.74) is -3.73. The molecule has 0 saturated carbocycles. The van der Waals surface area contributed by atoms with E-state index in [1.165, 1.54) is 29.5 Å². The fraction of sp³-hybridized carbons (Fsp3) is 0.417. The predicted molar refractivity (Wildman–Crippen MR) is 69.5 cm³/mol. The van der Waals surface area contributed by atoms with E-state index in [0.717, 1.165) is 6.07 Å². The van der Waals surface area contributed by atoms with Gasteiger partial charge in [0, 0.05) is 3.57 Å². The summed E-state index contributed by atoms with van der Waals surface area (Å²) >= 11 is 1.17. The predicted octanol–water partition coefficient (Wildman–Crippen LogP) is 4.43. The lowest BCUT2D eigenvalue weighted by atomic mass is 10.0. The summed E-state index contributed by atoms with van der Waals surface area (Å²) in [5, 5.41) is 0. The van der Waals surface area contributed by atoms with E-state index in [9.17, 15) is 31.1 Å². The van der Waals surface area contributed by atoms with Gasteiger partial charge in [0.1, 0.15) is 0 Å². The van der Waals surface area contributed by atoms with Crippen molar-refractivity contribution in [2.24, 2.45) is 0 Å². The number of hydrogen-bond donors (Lipinski definition) is 0. The van der Waals surface area contributed by atoms with Gasteiger partial charge in [0.25, 0.3) is 0 Å². The van der Waals surface area contributed by atoms with Gasteiger partial charge in [-0.2, -0.15) is 26.3 Å². The van der Waals surface area contributed by atoms with E-state index in [0.29, 0.717) is 6.07 Å². The van der Waals surface area contributed by atoms with Gasteiger partial charge < -0.3 is 4.74 Å². The maximum atomic E-state index is 12.8. The van der Waals surface area contributed by atoms with Crippen molar-refractivity contribution < 1.29 is 35.9 Å². The molecule has 1 rings (SSSR count). The molecule has 1 aromatic carbocycles. The standard InChI is InChI=1S/C12H9F6IO2/c1-2-21-9(20)5-6-3-7(11(13,14)15)10(8(19)4-6)12(16,17)18/h3-4H,2,5H2,1H3. The highest BCUT2D eigenvalue weighted by Crippen LogP contribution is 2.43. The maximum Gasteiger partial charge on any atom is 0.418 e. The summed E-state index contributed by atoms with van der Waals surface area (Å²) in [6, 6.07) is 1.23. The quantitative estimate of drug-likeness (QED) is 0.406. The van der Waals surface area contributed by atoms with Crippen LogP contribution >= 0.6 is 22.6 Å².